The van der Waals surface area contributed by atoms with Gasteiger partial charge in [-0.25, -0.2) is 9.78 Å². The molecule has 26 heavy (non-hydrogen) atoms. The fourth-order valence-corrected chi connectivity index (χ4v) is 3.82. The molecule has 2 unspecified atom stereocenters. The van der Waals surface area contributed by atoms with Crippen LogP contribution in [-0.2, 0) is 4.79 Å². The monoisotopic (exact) mass is 372 g/mol. The van der Waals surface area contributed by atoms with E-state index in [4.69, 9.17) is 0 Å². The molecule has 138 valence electrons. The number of amides is 3. The average Bonchev–Trinajstić information content (AvgIpc) is 3.12. The molecule has 1 aromatic heterocycles. The van der Waals surface area contributed by atoms with Crippen molar-refractivity contribution in [3.63, 3.8) is 0 Å². The summed E-state index contributed by atoms with van der Waals surface area (Å²) in [6.45, 7) is 2.14. The maximum absolute atomic E-state index is 12.0. The lowest BCUT2D eigenvalue weighted by atomic mass is 9.86. The number of carbonyl (C=O) groups excluding carboxylic acids is 2. The minimum Gasteiger partial charge on any atom is -0.335 e. The van der Waals surface area contributed by atoms with Gasteiger partial charge in [0.05, 0.1) is 17.6 Å². The number of benzene rings is 1. The second kappa shape index (κ2) is 8.89. The molecule has 1 fully saturated rings. The minimum absolute atomic E-state index is 0.134. The van der Waals surface area contributed by atoms with Crippen molar-refractivity contribution in [3.8, 4) is 11.3 Å². The van der Waals surface area contributed by atoms with Crippen LogP contribution in [0.3, 0.4) is 0 Å². The summed E-state index contributed by atoms with van der Waals surface area (Å²) in [6, 6.07) is 9.61. The number of carbonyl (C=O) groups is 2. The number of urea groups is 1. The van der Waals surface area contributed by atoms with Crippen LogP contribution in [0.25, 0.3) is 11.3 Å². The zero-order chi connectivity index (χ0) is 18.4. The maximum Gasteiger partial charge on any atom is 0.321 e. The van der Waals surface area contributed by atoms with Crippen LogP contribution in [-0.4, -0.2) is 33.7 Å². The largest absolute Gasteiger partial charge is 0.335 e. The lowest BCUT2D eigenvalue weighted by Crippen LogP contribution is -2.48. The molecule has 1 aliphatic rings. The van der Waals surface area contributed by atoms with Crippen LogP contribution in [0, 0.1) is 5.92 Å². The highest BCUT2D eigenvalue weighted by Crippen LogP contribution is 2.23. The van der Waals surface area contributed by atoms with E-state index >= 15 is 0 Å². The second-order valence-electron chi connectivity index (χ2n) is 6.65. The SMILES string of the molecule is CC1CCCCC1NC(=O)NC(=O)CSc1ncc(-c2ccccc2)[nH]1. The first-order chi connectivity index (χ1) is 12.6. The molecule has 0 radical (unpaired) electrons. The molecule has 3 N–H and O–H groups in total. The van der Waals surface area contributed by atoms with Gasteiger partial charge < -0.3 is 10.3 Å². The molecule has 0 bridgehead atoms. The smallest absolute Gasteiger partial charge is 0.321 e. The summed E-state index contributed by atoms with van der Waals surface area (Å²) in [5.41, 5.74) is 1.94. The number of nitrogens with one attached hydrogen (secondary N) is 3. The molecule has 6 nitrogen and oxygen atoms in total. The van der Waals surface area contributed by atoms with Gasteiger partial charge in [-0.15, -0.1) is 0 Å². The average molecular weight is 372 g/mol. The molecule has 3 amide bonds. The zero-order valence-corrected chi connectivity index (χ0v) is 15.6. The third kappa shape index (κ3) is 5.11. The molecular weight excluding hydrogens is 348 g/mol. The second-order valence-corrected chi connectivity index (χ2v) is 7.61. The number of nitrogens with zero attached hydrogens (tertiary/aromatic N) is 1. The molecule has 1 heterocycles. The summed E-state index contributed by atoms with van der Waals surface area (Å²) < 4.78 is 0. The number of hydrogen-bond donors (Lipinski definition) is 3. The van der Waals surface area contributed by atoms with Crippen LogP contribution in [0.15, 0.2) is 41.7 Å². The zero-order valence-electron chi connectivity index (χ0n) is 14.8. The highest BCUT2D eigenvalue weighted by molar-refractivity contribution is 7.99. The maximum atomic E-state index is 12.0. The van der Waals surface area contributed by atoms with Gasteiger partial charge >= 0.3 is 6.03 Å². The Kier molecular flexibility index (Phi) is 6.33. The van der Waals surface area contributed by atoms with E-state index in [2.05, 4.69) is 27.5 Å². The van der Waals surface area contributed by atoms with E-state index in [-0.39, 0.29) is 17.7 Å². The Morgan fingerprint density at radius 2 is 2.00 bits per heavy atom. The van der Waals surface area contributed by atoms with Crippen molar-refractivity contribution < 1.29 is 9.59 Å². The van der Waals surface area contributed by atoms with Gasteiger partial charge in [-0.1, -0.05) is 61.9 Å². The van der Waals surface area contributed by atoms with Crippen LogP contribution in [0.1, 0.15) is 32.6 Å². The molecule has 1 saturated carbocycles. The quantitative estimate of drug-likeness (QED) is 0.700. The lowest BCUT2D eigenvalue weighted by molar-refractivity contribution is -0.117. The van der Waals surface area contributed by atoms with E-state index in [1.807, 2.05) is 30.3 Å². The fourth-order valence-electron chi connectivity index (χ4n) is 3.17. The van der Waals surface area contributed by atoms with Crippen molar-refractivity contribution in [2.75, 3.05) is 5.75 Å². The summed E-state index contributed by atoms with van der Waals surface area (Å²) in [4.78, 5) is 31.4. The molecule has 0 saturated heterocycles. The molecular formula is C19H24N4O2S. The number of H-pyrrole nitrogens is 1. The first-order valence-electron chi connectivity index (χ1n) is 8.95. The molecule has 2 atom stereocenters. The van der Waals surface area contributed by atoms with Crippen LogP contribution >= 0.6 is 11.8 Å². The van der Waals surface area contributed by atoms with E-state index in [9.17, 15) is 9.59 Å². The van der Waals surface area contributed by atoms with E-state index < -0.39 is 6.03 Å². The predicted octanol–water partition coefficient (Wildman–Crippen LogP) is 3.57. The third-order valence-electron chi connectivity index (χ3n) is 4.66. The highest BCUT2D eigenvalue weighted by atomic mass is 32.2. The van der Waals surface area contributed by atoms with E-state index in [0.29, 0.717) is 11.1 Å². The first kappa shape index (κ1) is 18.5. The van der Waals surface area contributed by atoms with Crippen molar-refractivity contribution in [1.29, 1.82) is 0 Å². The van der Waals surface area contributed by atoms with Gasteiger partial charge in [0.15, 0.2) is 5.16 Å². The van der Waals surface area contributed by atoms with E-state index in [1.165, 1.54) is 18.2 Å². The topological polar surface area (TPSA) is 86.9 Å². The number of aromatic amines is 1. The van der Waals surface area contributed by atoms with Gasteiger partial charge in [0, 0.05) is 6.04 Å². The van der Waals surface area contributed by atoms with Crippen molar-refractivity contribution in [1.82, 2.24) is 20.6 Å². The van der Waals surface area contributed by atoms with Crippen LogP contribution < -0.4 is 10.6 Å². The molecule has 0 spiro atoms. The van der Waals surface area contributed by atoms with Crippen molar-refractivity contribution in [2.45, 2.75) is 43.8 Å². The Morgan fingerprint density at radius 3 is 2.77 bits per heavy atom. The number of rotatable bonds is 5. The van der Waals surface area contributed by atoms with Gasteiger partial charge in [-0.2, -0.15) is 0 Å². The predicted molar refractivity (Wildman–Crippen MR) is 103 cm³/mol. The number of imidazole rings is 1. The van der Waals surface area contributed by atoms with E-state index in [0.717, 1.165) is 30.5 Å². The molecule has 1 aliphatic carbocycles. The Morgan fingerprint density at radius 1 is 1.23 bits per heavy atom. The fraction of sp³-hybridized carbons (Fsp3) is 0.421. The lowest BCUT2D eigenvalue weighted by Gasteiger charge is -2.29. The molecule has 3 rings (SSSR count). The van der Waals surface area contributed by atoms with Gasteiger partial charge in [0.2, 0.25) is 5.91 Å². The van der Waals surface area contributed by atoms with Gasteiger partial charge in [0.1, 0.15) is 0 Å². The molecule has 0 aliphatic heterocycles. The van der Waals surface area contributed by atoms with Crippen molar-refractivity contribution >= 4 is 23.7 Å². The Bertz CT molecular complexity index is 747. The number of imide groups is 1. The van der Waals surface area contributed by atoms with Gasteiger partial charge in [-0.3, -0.25) is 10.1 Å². The summed E-state index contributed by atoms with van der Waals surface area (Å²) in [7, 11) is 0. The number of hydrogen-bond acceptors (Lipinski definition) is 4. The summed E-state index contributed by atoms with van der Waals surface area (Å²) >= 11 is 1.27. The van der Waals surface area contributed by atoms with Crippen LogP contribution in [0.2, 0.25) is 0 Å². The third-order valence-corrected chi connectivity index (χ3v) is 5.55. The standard InChI is InChI=1S/C19H24N4O2S/c1-13-7-5-6-10-15(13)21-18(25)23-17(24)12-26-19-20-11-16(22-19)14-8-3-2-4-9-14/h2-4,8-9,11,13,15H,5-7,10,12H2,1H3,(H,20,22)(H2,21,23,24,25). The Hall–Kier alpha value is -2.28. The Balaban J connectivity index is 1.44. The van der Waals surface area contributed by atoms with E-state index in [1.54, 1.807) is 6.20 Å². The van der Waals surface area contributed by atoms with Gasteiger partial charge in [0.25, 0.3) is 0 Å². The molecule has 7 heteroatoms. The first-order valence-corrected chi connectivity index (χ1v) is 9.94. The summed E-state index contributed by atoms with van der Waals surface area (Å²) in [5.74, 6) is 0.266. The summed E-state index contributed by atoms with van der Waals surface area (Å²) in [5, 5.41) is 5.98. The number of aromatic nitrogens is 2. The number of thioether (sulfide) groups is 1. The highest BCUT2D eigenvalue weighted by Gasteiger charge is 2.23. The summed E-state index contributed by atoms with van der Waals surface area (Å²) in [6.07, 6.45) is 6.18. The normalized spacial score (nSPS) is 19.7. The van der Waals surface area contributed by atoms with Crippen LogP contribution in [0.5, 0.6) is 0 Å². The molecule has 2 aromatic rings. The van der Waals surface area contributed by atoms with Gasteiger partial charge in [-0.05, 0) is 24.3 Å². The van der Waals surface area contributed by atoms with Crippen molar-refractivity contribution in [3.05, 3.63) is 36.5 Å². The minimum atomic E-state index is -0.404. The van der Waals surface area contributed by atoms with Crippen molar-refractivity contribution in [2.24, 2.45) is 5.92 Å². The molecule has 1 aromatic carbocycles. The van der Waals surface area contributed by atoms with Crippen LogP contribution in [0.4, 0.5) is 4.79 Å². The Labute approximate surface area is 157 Å².